The molecule has 6 rings (SSSR count). The number of aromatic nitrogens is 3. The Morgan fingerprint density at radius 1 is 1.00 bits per heavy atom. The number of hydrogen-bond acceptors (Lipinski definition) is 6. The molecule has 3 aliphatic rings. The zero-order valence-electron chi connectivity index (χ0n) is 20.4. The lowest BCUT2D eigenvalue weighted by Gasteiger charge is -2.29. The summed E-state index contributed by atoms with van der Waals surface area (Å²) in [6.07, 6.45) is 11.9. The molecule has 2 saturated carbocycles. The minimum Gasteiger partial charge on any atom is -0.354 e. The normalized spacial score (nSPS) is 20.3. The molecule has 0 atom stereocenters. The van der Waals surface area contributed by atoms with Gasteiger partial charge in [-0.3, -0.25) is 14.3 Å². The van der Waals surface area contributed by atoms with Crippen LogP contribution in [0.1, 0.15) is 69.4 Å². The first-order chi connectivity index (χ1) is 17.2. The molecule has 0 spiro atoms. The predicted octanol–water partition coefficient (Wildman–Crippen LogP) is 5.01. The second kappa shape index (κ2) is 9.58. The van der Waals surface area contributed by atoms with E-state index in [0.29, 0.717) is 5.95 Å². The fourth-order valence-electron chi connectivity index (χ4n) is 5.87. The Balaban J connectivity index is 1.39. The summed E-state index contributed by atoms with van der Waals surface area (Å²) in [5.74, 6) is 1.54. The lowest BCUT2D eigenvalue weighted by molar-refractivity contribution is 0.198. The Labute approximate surface area is 206 Å². The highest BCUT2D eigenvalue weighted by atomic mass is 16.1. The fourth-order valence-corrected chi connectivity index (χ4v) is 5.87. The van der Waals surface area contributed by atoms with Crippen molar-refractivity contribution in [2.45, 2.75) is 70.4 Å². The smallest absolute Gasteiger partial charge is 0.260 e. The third-order valence-corrected chi connectivity index (χ3v) is 8.18. The van der Waals surface area contributed by atoms with Crippen molar-refractivity contribution in [1.82, 2.24) is 19.4 Å². The number of hydrogen-bond donors (Lipinski definition) is 1. The number of nitrogens with zero attached hydrogens (tertiary/aromatic N) is 5. The van der Waals surface area contributed by atoms with Gasteiger partial charge in [-0.15, -0.1) is 0 Å². The van der Waals surface area contributed by atoms with Crippen LogP contribution in [0.4, 0.5) is 5.95 Å². The van der Waals surface area contributed by atoms with E-state index in [1.807, 2.05) is 10.8 Å². The molecule has 1 saturated heterocycles. The zero-order valence-corrected chi connectivity index (χ0v) is 20.4. The van der Waals surface area contributed by atoms with Gasteiger partial charge in [-0.2, -0.15) is 10.2 Å². The number of anilines is 1. The summed E-state index contributed by atoms with van der Waals surface area (Å²) in [6, 6.07) is 8.92. The molecule has 3 fully saturated rings. The van der Waals surface area contributed by atoms with Gasteiger partial charge in [0.1, 0.15) is 5.65 Å². The predicted molar refractivity (Wildman–Crippen MR) is 138 cm³/mol. The van der Waals surface area contributed by atoms with Crippen LogP contribution in [0.5, 0.6) is 0 Å². The highest BCUT2D eigenvalue weighted by Crippen LogP contribution is 2.33. The van der Waals surface area contributed by atoms with Gasteiger partial charge in [-0.05, 0) is 74.5 Å². The second-order valence-corrected chi connectivity index (χ2v) is 10.8. The van der Waals surface area contributed by atoms with Crippen molar-refractivity contribution in [1.29, 1.82) is 5.26 Å². The summed E-state index contributed by atoms with van der Waals surface area (Å²) in [7, 11) is 0. The quantitative estimate of drug-likeness (QED) is 0.510. The minimum atomic E-state index is 0.0799. The first kappa shape index (κ1) is 22.5. The van der Waals surface area contributed by atoms with Crippen LogP contribution < -0.4 is 10.9 Å². The Bertz CT molecular complexity index is 1320. The minimum absolute atomic E-state index is 0.0799. The molecule has 0 radical (unpaired) electrons. The van der Waals surface area contributed by atoms with Gasteiger partial charge in [-0.1, -0.05) is 31.4 Å². The molecule has 1 aromatic carbocycles. The van der Waals surface area contributed by atoms with Crippen molar-refractivity contribution in [3.8, 4) is 6.07 Å². The number of nitriles is 1. The van der Waals surface area contributed by atoms with Gasteiger partial charge in [0.25, 0.3) is 5.56 Å². The number of benzene rings is 1. The molecule has 2 aliphatic carbocycles. The van der Waals surface area contributed by atoms with E-state index in [-0.39, 0.29) is 17.5 Å². The Kier molecular flexibility index (Phi) is 6.15. The van der Waals surface area contributed by atoms with E-state index in [1.165, 1.54) is 19.3 Å². The van der Waals surface area contributed by atoms with Gasteiger partial charge in [0.15, 0.2) is 0 Å². The van der Waals surface area contributed by atoms with Crippen molar-refractivity contribution >= 4 is 27.8 Å². The first-order valence-electron chi connectivity index (χ1n) is 13.4. The first-order valence-corrected chi connectivity index (χ1v) is 13.4. The zero-order chi connectivity index (χ0) is 23.8. The van der Waals surface area contributed by atoms with Gasteiger partial charge >= 0.3 is 0 Å². The molecular formula is C28H34N6O. The molecule has 2 aromatic heterocycles. The van der Waals surface area contributed by atoms with E-state index < -0.39 is 0 Å². The number of pyridine rings is 1. The maximum Gasteiger partial charge on any atom is 0.260 e. The van der Waals surface area contributed by atoms with Gasteiger partial charge in [0, 0.05) is 42.0 Å². The summed E-state index contributed by atoms with van der Waals surface area (Å²) in [5.41, 5.74) is 2.01. The lowest BCUT2D eigenvalue weighted by Crippen LogP contribution is -2.32. The molecule has 35 heavy (non-hydrogen) atoms. The van der Waals surface area contributed by atoms with Crippen LogP contribution in [-0.2, 0) is 6.54 Å². The summed E-state index contributed by atoms with van der Waals surface area (Å²) in [6.45, 7) is 3.59. The largest absolute Gasteiger partial charge is 0.354 e. The van der Waals surface area contributed by atoms with Crippen molar-refractivity contribution in [2.75, 3.05) is 25.0 Å². The lowest BCUT2D eigenvalue weighted by atomic mass is 9.94. The molecule has 182 valence electrons. The van der Waals surface area contributed by atoms with Gasteiger partial charge in [0.2, 0.25) is 5.95 Å². The van der Waals surface area contributed by atoms with Crippen LogP contribution in [0.3, 0.4) is 0 Å². The van der Waals surface area contributed by atoms with Crippen LogP contribution in [0.15, 0.2) is 29.2 Å². The van der Waals surface area contributed by atoms with Crippen molar-refractivity contribution in [2.24, 2.45) is 11.8 Å². The molecule has 0 unspecified atom stereocenters. The number of fused-ring (bicyclic) bond motifs is 3. The van der Waals surface area contributed by atoms with E-state index in [0.717, 1.165) is 98.0 Å². The van der Waals surface area contributed by atoms with E-state index >= 15 is 0 Å². The summed E-state index contributed by atoms with van der Waals surface area (Å²) in [4.78, 5) is 25.9. The second-order valence-electron chi connectivity index (χ2n) is 10.8. The summed E-state index contributed by atoms with van der Waals surface area (Å²) >= 11 is 0. The van der Waals surface area contributed by atoms with Crippen molar-refractivity contribution in [3.63, 3.8) is 0 Å². The third kappa shape index (κ3) is 4.64. The van der Waals surface area contributed by atoms with Gasteiger partial charge < -0.3 is 5.32 Å². The van der Waals surface area contributed by atoms with E-state index in [4.69, 9.17) is 4.98 Å². The topological polar surface area (TPSA) is 86.8 Å². The third-order valence-electron chi connectivity index (χ3n) is 8.18. The van der Waals surface area contributed by atoms with Crippen molar-refractivity contribution in [3.05, 3.63) is 40.3 Å². The fraction of sp³-hybridized carbons (Fsp3) is 0.571. The van der Waals surface area contributed by atoms with Crippen molar-refractivity contribution < 1.29 is 0 Å². The van der Waals surface area contributed by atoms with Crippen LogP contribution >= 0.6 is 0 Å². The highest BCUT2D eigenvalue weighted by Gasteiger charge is 2.24. The standard InChI is InChI=1S/C28H34N6O/c29-15-19-10-12-33(13-11-19)18-21-8-9-23-24(14-21)27(35)34(22-4-2-1-3-5-22)26-25(23)17-31-28(32-26)30-16-20-6-7-20/h8-9,14,17,19-20,22H,1-7,10-13,16,18H2,(H,30,31,32). The van der Waals surface area contributed by atoms with Crippen LogP contribution in [0.25, 0.3) is 21.8 Å². The number of rotatable bonds is 6. The molecule has 3 heterocycles. The number of nitrogens with one attached hydrogen (secondary N) is 1. The monoisotopic (exact) mass is 470 g/mol. The highest BCUT2D eigenvalue weighted by molar-refractivity contribution is 6.04. The number of likely N-dealkylation sites (tertiary alicyclic amines) is 1. The van der Waals surface area contributed by atoms with E-state index in [1.54, 1.807) is 0 Å². The Morgan fingerprint density at radius 3 is 2.54 bits per heavy atom. The maximum atomic E-state index is 14.0. The Morgan fingerprint density at radius 2 is 1.80 bits per heavy atom. The van der Waals surface area contributed by atoms with Gasteiger partial charge in [0.05, 0.1) is 6.07 Å². The Hall–Kier alpha value is -2.98. The molecule has 0 amide bonds. The average molecular weight is 471 g/mol. The molecule has 7 heteroatoms. The number of piperidine rings is 1. The van der Waals surface area contributed by atoms with Gasteiger partial charge in [-0.25, -0.2) is 4.98 Å². The summed E-state index contributed by atoms with van der Waals surface area (Å²) in [5, 5.41) is 15.3. The molecule has 3 aromatic rings. The maximum absolute atomic E-state index is 14.0. The van der Waals surface area contributed by atoms with E-state index in [2.05, 4.69) is 39.5 Å². The van der Waals surface area contributed by atoms with Crippen LogP contribution in [-0.4, -0.2) is 39.1 Å². The molecule has 7 nitrogen and oxygen atoms in total. The SMILES string of the molecule is N#CC1CCN(Cc2ccc3c(c2)c(=O)n(C2CCCCC2)c2nc(NCC4CC4)ncc32)CC1. The summed E-state index contributed by atoms with van der Waals surface area (Å²) < 4.78 is 1.99. The van der Waals surface area contributed by atoms with Crippen LogP contribution in [0.2, 0.25) is 0 Å². The average Bonchev–Trinajstić information content (AvgIpc) is 3.73. The van der Waals surface area contributed by atoms with Crippen LogP contribution in [0, 0.1) is 23.2 Å². The molecular weight excluding hydrogens is 436 g/mol. The van der Waals surface area contributed by atoms with E-state index in [9.17, 15) is 10.1 Å². The molecule has 1 N–H and O–H groups in total. The molecule has 1 aliphatic heterocycles. The molecule has 0 bridgehead atoms.